The van der Waals surface area contributed by atoms with Crippen molar-refractivity contribution in [2.24, 2.45) is 0 Å². The maximum absolute atomic E-state index is 12.5. The fourth-order valence-electron chi connectivity index (χ4n) is 2.36. The number of carbonyl (C=O) groups excluding carboxylic acids is 1. The maximum Gasteiger partial charge on any atom is 0.272 e. The van der Waals surface area contributed by atoms with Gasteiger partial charge in [0, 0.05) is 16.7 Å². The Morgan fingerprint density at radius 3 is 2.92 bits per heavy atom. The highest BCUT2D eigenvalue weighted by Crippen LogP contribution is 2.22. The van der Waals surface area contributed by atoms with Crippen molar-refractivity contribution in [2.45, 2.75) is 25.5 Å². The van der Waals surface area contributed by atoms with Gasteiger partial charge in [-0.15, -0.1) is 11.3 Å². The number of carbonyl (C=O) groups is 1. The molecule has 130 valence electrons. The minimum absolute atomic E-state index is 0.0473. The van der Waals surface area contributed by atoms with E-state index in [0.29, 0.717) is 21.9 Å². The van der Waals surface area contributed by atoms with Gasteiger partial charge >= 0.3 is 0 Å². The molecule has 0 aliphatic carbocycles. The largest absolute Gasteiger partial charge is 0.325 e. The van der Waals surface area contributed by atoms with E-state index < -0.39 is 0 Å². The Morgan fingerprint density at radius 1 is 1.40 bits per heavy atom. The number of hydrogen-bond donors (Lipinski definition) is 1. The highest BCUT2D eigenvalue weighted by molar-refractivity contribution is 9.10. The van der Waals surface area contributed by atoms with E-state index in [-0.39, 0.29) is 17.2 Å². The first-order chi connectivity index (χ1) is 12.0. The summed E-state index contributed by atoms with van der Waals surface area (Å²) in [4.78, 5) is 29.2. The van der Waals surface area contributed by atoms with Gasteiger partial charge in [0.2, 0.25) is 5.91 Å². The standard InChI is InChI=1S/C17H16BrN3O2S2/c1-3-21-16(23)15-13(6-7-24-15)20-17(21)25-9-14(22)19-11-4-5-12(18)10(2)8-11/h4-8H,3,9H2,1-2H3,(H,19,22). The Morgan fingerprint density at radius 2 is 2.20 bits per heavy atom. The van der Waals surface area contributed by atoms with Gasteiger partial charge in [-0.2, -0.15) is 0 Å². The van der Waals surface area contributed by atoms with Gasteiger partial charge in [-0.3, -0.25) is 14.2 Å². The Balaban J connectivity index is 1.74. The number of nitrogens with one attached hydrogen (secondary N) is 1. The zero-order chi connectivity index (χ0) is 18.0. The van der Waals surface area contributed by atoms with Crippen molar-refractivity contribution < 1.29 is 4.79 Å². The van der Waals surface area contributed by atoms with E-state index in [4.69, 9.17) is 0 Å². The van der Waals surface area contributed by atoms with Crippen LogP contribution in [0.2, 0.25) is 0 Å². The molecule has 0 radical (unpaired) electrons. The third-order valence-electron chi connectivity index (χ3n) is 3.62. The molecule has 1 aromatic carbocycles. The third kappa shape index (κ3) is 3.96. The van der Waals surface area contributed by atoms with E-state index in [2.05, 4.69) is 26.2 Å². The second-order valence-corrected chi connectivity index (χ2v) is 8.09. The fourth-order valence-corrected chi connectivity index (χ4v) is 4.25. The van der Waals surface area contributed by atoms with Crippen LogP contribution in [0.25, 0.3) is 10.2 Å². The first-order valence-corrected chi connectivity index (χ1v) is 10.3. The monoisotopic (exact) mass is 437 g/mol. The summed E-state index contributed by atoms with van der Waals surface area (Å²) >= 11 is 6.11. The minimum atomic E-state index is -0.131. The predicted molar refractivity (Wildman–Crippen MR) is 108 cm³/mol. The van der Waals surface area contributed by atoms with Crippen molar-refractivity contribution in [3.05, 3.63) is 50.0 Å². The fraction of sp³-hybridized carbons (Fsp3) is 0.235. The van der Waals surface area contributed by atoms with Crippen molar-refractivity contribution in [2.75, 3.05) is 11.1 Å². The lowest BCUT2D eigenvalue weighted by Gasteiger charge is -2.10. The van der Waals surface area contributed by atoms with Crippen LogP contribution in [-0.4, -0.2) is 21.2 Å². The van der Waals surface area contributed by atoms with Crippen LogP contribution in [0.1, 0.15) is 12.5 Å². The summed E-state index contributed by atoms with van der Waals surface area (Å²) < 4.78 is 3.27. The summed E-state index contributed by atoms with van der Waals surface area (Å²) in [5.41, 5.74) is 2.44. The lowest BCUT2D eigenvalue weighted by atomic mass is 10.2. The Hall–Kier alpha value is -1.64. The van der Waals surface area contributed by atoms with Gasteiger partial charge in [-0.05, 0) is 49.1 Å². The molecule has 2 aromatic heterocycles. The van der Waals surface area contributed by atoms with Gasteiger partial charge < -0.3 is 5.32 Å². The van der Waals surface area contributed by atoms with Crippen LogP contribution in [0.4, 0.5) is 5.69 Å². The van der Waals surface area contributed by atoms with Crippen molar-refractivity contribution in [3.8, 4) is 0 Å². The highest BCUT2D eigenvalue weighted by atomic mass is 79.9. The van der Waals surface area contributed by atoms with Crippen LogP contribution >= 0.6 is 39.0 Å². The number of hydrogen-bond acceptors (Lipinski definition) is 5. The molecule has 2 heterocycles. The summed E-state index contributed by atoms with van der Waals surface area (Å²) in [7, 11) is 0. The van der Waals surface area contributed by atoms with Gasteiger partial charge in [0.1, 0.15) is 4.70 Å². The first-order valence-electron chi connectivity index (χ1n) is 7.66. The van der Waals surface area contributed by atoms with Crippen LogP contribution in [0.5, 0.6) is 0 Å². The summed E-state index contributed by atoms with van der Waals surface area (Å²) in [5.74, 6) is 0.0611. The van der Waals surface area contributed by atoms with Gasteiger partial charge in [-0.25, -0.2) is 4.98 Å². The zero-order valence-corrected chi connectivity index (χ0v) is 16.9. The SMILES string of the molecule is CCn1c(SCC(=O)Nc2ccc(Br)c(C)c2)nc2ccsc2c1=O. The van der Waals surface area contributed by atoms with Crippen molar-refractivity contribution in [1.29, 1.82) is 0 Å². The van der Waals surface area contributed by atoms with Gasteiger partial charge in [0.05, 0.1) is 11.3 Å². The molecular formula is C17H16BrN3O2S2. The number of fused-ring (bicyclic) bond motifs is 1. The zero-order valence-electron chi connectivity index (χ0n) is 13.7. The van der Waals surface area contributed by atoms with E-state index in [1.807, 2.05) is 43.5 Å². The lowest BCUT2D eigenvalue weighted by Crippen LogP contribution is -2.22. The molecule has 1 N–H and O–H groups in total. The number of thiophene rings is 1. The molecule has 0 saturated carbocycles. The molecule has 3 aromatic rings. The molecule has 8 heteroatoms. The molecule has 5 nitrogen and oxygen atoms in total. The van der Waals surface area contributed by atoms with Gasteiger partial charge in [-0.1, -0.05) is 27.7 Å². The quantitative estimate of drug-likeness (QED) is 0.477. The van der Waals surface area contributed by atoms with Crippen LogP contribution in [0, 0.1) is 6.92 Å². The molecule has 0 bridgehead atoms. The summed E-state index contributed by atoms with van der Waals surface area (Å²) in [6.45, 7) is 4.39. The molecule has 3 rings (SSSR count). The van der Waals surface area contributed by atoms with E-state index >= 15 is 0 Å². The van der Waals surface area contributed by atoms with Crippen molar-refractivity contribution >= 4 is 60.8 Å². The van der Waals surface area contributed by atoms with Gasteiger partial charge in [0.25, 0.3) is 5.56 Å². The van der Waals surface area contributed by atoms with Crippen LogP contribution in [0.3, 0.4) is 0 Å². The molecule has 0 spiro atoms. The minimum Gasteiger partial charge on any atom is -0.325 e. The number of halogens is 1. The number of benzene rings is 1. The highest BCUT2D eigenvalue weighted by Gasteiger charge is 2.13. The van der Waals surface area contributed by atoms with Crippen molar-refractivity contribution in [3.63, 3.8) is 0 Å². The van der Waals surface area contributed by atoms with Crippen molar-refractivity contribution in [1.82, 2.24) is 9.55 Å². The predicted octanol–water partition coefficient (Wildman–Crippen LogP) is 4.28. The van der Waals surface area contributed by atoms with Crippen LogP contribution < -0.4 is 10.9 Å². The average Bonchev–Trinajstić information content (AvgIpc) is 3.05. The molecule has 0 aliphatic heterocycles. The molecule has 1 amide bonds. The second kappa shape index (κ2) is 7.72. The molecule has 0 unspecified atom stereocenters. The second-order valence-electron chi connectivity index (χ2n) is 5.38. The Bertz CT molecular complexity index is 997. The number of thioether (sulfide) groups is 1. The summed E-state index contributed by atoms with van der Waals surface area (Å²) in [6.07, 6.45) is 0. The smallest absolute Gasteiger partial charge is 0.272 e. The summed E-state index contributed by atoms with van der Waals surface area (Å²) in [6, 6.07) is 7.48. The normalized spacial score (nSPS) is 11.0. The number of aromatic nitrogens is 2. The Labute approximate surface area is 161 Å². The third-order valence-corrected chi connectivity index (χ3v) is 6.38. The van der Waals surface area contributed by atoms with Crippen LogP contribution in [0.15, 0.2) is 44.1 Å². The molecule has 0 fully saturated rings. The first kappa shape index (κ1) is 18.2. The number of amides is 1. The number of nitrogens with zero attached hydrogens (tertiary/aromatic N) is 2. The van der Waals surface area contributed by atoms with Gasteiger partial charge in [0.15, 0.2) is 5.16 Å². The van der Waals surface area contributed by atoms with E-state index in [1.165, 1.54) is 23.1 Å². The lowest BCUT2D eigenvalue weighted by molar-refractivity contribution is -0.113. The Kier molecular flexibility index (Phi) is 5.61. The number of aryl methyl sites for hydroxylation is 1. The number of rotatable bonds is 5. The molecule has 25 heavy (non-hydrogen) atoms. The summed E-state index contributed by atoms with van der Waals surface area (Å²) in [5, 5.41) is 5.30. The van der Waals surface area contributed by atoms with E-state index in [1.54, 1.807) is 4.57 Å². The number of anilines is 1. The van der Waals surface area contributed by atoms with Crippen LogP contribution in [-0.2, 0) is 11.3 Å². The molecule has 0 aliphatic rings. The van der Waals surface area contributed by atoms with E-state index in [0.717, 1.165) is 15.7 Å². The maximum atomic E-state index is 12.5. The topological polar surface area (TPSA) is 64.0 Å². The molecule has 0 atom stereocenters. The molecule has 0 saturated heterocycles. The average molecular weight is 438 g/mol. The van der Waals surface area contributed by atoms with E-state index in [9.17, 15) is 9.59 Å². The molecular weight excluding hydrogens is 422 g/mol.